The van der Waals surface area contributed by atoms with Crippen molar-refractivity contribution in [2.45, 2.75) is 6.92 Å². The van der Waals surface area contributed by atoms with Crippen molar-refractivity contribution in [2.75, 3.05) is 23.4 Å². The number of benzene rings is 2. The molecule has 1 fully saturated rings. The summed E-state index contributed by atoms with van der Waals surface area (Å²) in [5.41, 5.74) is 2.53. The normalized spacial score (nSPS) is 13.7. The van der Waals surface area contributed by atoms with Gasteiger partial charge in [-0.25, -0.2) is 18.3 Å². The summed E-state index contributed by atoms with van der Waals surface area (Å²) in [5.74, 6) is -1.15. The number of cyclic esters (lactones) is 1. The van der Waals surface area contributed by atoms with Gasteiger partial charge in [-0.15, -0.1) is 5.10 Å². The molecule has 1 aliphatic rings. The van der Waals surface area contributed by atoms with Crippen LogP contribution in [0.4, 0.5) is 30.9 Å². The second-order valence-electron chi connectivity index (χ2n) is 6.09. The van der Waals surface area contributed by atoms with Crippen LogP contribution in [-0.2, 0) is 4.74 Å². The van der Waals surface area contributed by atoms with Gasteiger partial charge in [-0.2, -0.15) is 4.98 Å². The zero-order chi connectivity index (χ0) is 19.0. The molecule has 2 heterocycles. The van der Waals surface area contributed by atoms with Crippen LogP contribution in [0.2, 0.25) is 0 Å². The molecule has 4 rings (SSSR count). The van der Waals surface area contributed by atoms with Crippen molar-refractivity contribution in [3.63, 3.8) is 0 Å². The van der Waals surface area contributed by atoms with E-state index in [1.54, 1.807) is 11.0 Å². The first-order valence-corrected chi connectivity index (χ1v) is 8.19. The smallest absolute Gasteiger partial charge is 0.414 e. The minimum Gasteiger partial charge on any atom is -0.447 e. The summed E-state index contributed by atoms with van der Waals surface area (Å²) in [4.78, 5) is 17.4. The van der Waals surface area contributed by atoms with Gasteiger partial charge in [0.25, 0.3) is 0 Å². The molecular weight excluding hydrogens is 356 g/mol. The summed E-state index contributed by atoms with van der Waals surface area (Å²) >= 11 is 0. The highest BCUT2D eigenvalue weighted by Gasteiger charge is 2.24. The summed E-state index contributed by atoms with van der Waals surface area (Å²) in [6.45, 7) is 2.74. The standard InChI is InChI=1S/C18H15F2N5O2/c1-11-4-14(9-15(5-11)24-2-3-27-18(24)26)22-17-21-10-25(23-17)16-7-12(19)6-13(20)8-16/h4-10H,2-3H2,1H3,(H,22,23). The summed E-state index contributed by atoms with van der Waals surface area (Å²) in [7, 11) is 0. The maximum atomic E-state index is 13.4. The van der Waals surface area contributed by atoms with Crippen molar-refractivity contribution in [3.05, 3.63) is 59.9 Å². The molecule has 1 N–H and O–H groups in total. The third-order valence-corrected chi connectivity index (χ3v) is 3.99. The molecule has 0 spiro atoms. The van der Waals surface area contributed by atoms with Crippen LogP contribution in [0.15, 0.2) is 42.7 Å². The predicted octanol–water partition coefficient (Wildman–Crippen LogP) is 3.55. The number of ether oxygens (including phenoxy) is 1. The van der Waals surface area contributed by atoms with Crippen LogP contribution in [0.25, 0.3) is 5.69 Å². The maximum Gasteiger partial charge on any atom is 0.414 e. The highest BCUT2D eigenvalue weighted by atomic mass is 19.1. The van der Waals surface area contributed by atoms with Gasteiger partial charge in [0.2, 0.25) is 5.95 Å². The lowest BCUT2D eigenvalue weighted by atomic mass is 10.2. The van der Waals surface area contributed by atoms with E-state index in [2.05, 4.69) is 15.4 Å². The fourth-order valence-electron chi connectivity index (χ4n) is 2.86. The topological polar surface area (TPSA) is 72.3 Å². The highest BCUT2D eigenvalue weighted by molar-refractivity contribution is 5.90. The fraction of sp³-hybridized carbons (Fsp3) is 0.167. The minimum absolute atomic E-state index is 0.220. The van der Waals surface area contributed by atoms with Gasteiger partial charge in [0.1, 0.15) is 24.6 Å². The predicted molar refractivity (Wildman–Crippen MR) is 94.4 cm³/mol. The van der Waals surface area contributed by atoms with Gasteiger partial charge < -0.3 is 10.1 Å². The Kier molecular flexibility index (Phi) is 4.19. The molecule has 3 aromatic rings. The number of hydrogen-bond acceptors (Lipinski definition) is 5. The summed E-state index contributed by atoms with van der Waals surface area (Å²) in [6.07, 6.45) is 0.965. The molecular formula is C18H15F2N5O2. The van der Waals surface area contributed by atoms with E-state index < -0.39 is 11.6 Å². The number of aryl methyl sites for hydroxylation is 1. The lowest BCUT2D eigenvalue weighted by Crippen LogP contribution is -2.23. The van der Waals surface area contributed by atoms with Gasteiger partial charge in [-0.1, -0.05) is 0 Å². The van der Waals surface area contributed by atoms with E-state index >= 15 is 0 Å². The molecule has 1 aliphatic heterocycles. The van der Waals surface area contributed by atoms with Gasteiger partial charge in [0.15, 0.2) is 0 Å². The molecule has 0 unspecified atom stereocenters. The second-order valence-corrected chi connectivity index (χ2v) is 6.09. The highest BCUT2D eigenvalue weighted by Crippen LogP contribution is 2.26. The van der Waals surface area contributed by atoms with Crippen molar-refractivity contribution in [3.8, 4) is 5.69 Å². The van der Waals surface area contributed by atoms with Crippen molar-refractivity contribution < 1.29 is 18.3 Å². The molecule has 0 saturated carbocycles. The van der Waals surface area contributed by atoms with E-state index in [4.69, 9.17) is 4.74 Å². The lowest BCUT2D eigenvalue weighted by Gasteiger charge is -2.15. The Labute approximate surface area is 153 Å². The summed E-state index contributed by atoms with van der Waals surface area (Å²) in [5, 5.41) is 7.22. The molecule has 0 aliphatic carbocycles. The van der Waals surface area contributed by atoms with Crippen molar-refractivity contribution in [1.29, 1.82) is 0 Å². The number of halogens is 2. The number of nitrogens with zero attached hydrogens (tertiary/aromatic N) is 4. The fourth-order valence-corrected chi connectivity index (χ4v) is 2.86. The zero-order valence-corrected chi connectivity index (χ0v) is 14.3. The Bertz CT molecular complexity index is 1000. The van der Waals surface area contributed by atoms with Gasteiger partial charge in [-0.05, 0) is 42.8 Å². The average Bonchev–Trinajstić information content (AvgIpc) is 3.22. The Morgan fingerprint density at radius 3 is 2.56 bits per heavy atom. The lowest BCUT2D eigenvalue weighted by molar-refractivity contribution is 0.181. The third kappa shape index (κ3) is 3.57. The number of carbonyl (C=O) groups excluding carboxylic acids is 1. The van der Waals surface area contributed by atoms with Crippen molar-refractivity contribution in [2.24, 2.45) is 0 Å². The monoisotopic (exact) mass is 371 g/mol. The van der Waals surface area contributed by atoms with Crippen LogP contribution in [0.1, 0.15) is 5.56 Å². The molecule has 1 amide bonds. The van der Waals surface area contributed by atoms with E-state index in [0.717, 1.165) is 23.8 Å². The van der Waals surface area contributed by atoms with Crippen molar-refractivity contribution in [1.82, 2.24) is 14.8 Å². The molecule has 1 aromatic heterocycles. The number of hydrogen-bond donors (Lipinski definition) is 1. The Balaban J connectivity index is 1.59. The molecule has 0 radical (unpaired) electrons. The van der Waals surface area contributed by atoms with Crippen LogP contribution in [0.5, 0.6) is 0 Å². The molecule has 2 aromatic carbocycles. The average molecular weight is 371 g/mol. The maximum absolute atomic E-state index is 13.4. The SMILES string of the molecule is Cc1cc(Nc2ncn(-c3cc(F)cc(F)c3)n2)cc(N2CCOC2=O)c1. The van der Waals surface area contributed by atoms with Gasteiger partial charge in [-0.3, -0.25) is 4.90 Å². The zero-order valence-electron chi connectivity index (χ0n) is 14.3. The molecule has 0 bridgehead atoms. The molecule has 0 atom stereocenters. The molecule has 27 heavy (non-hydrogen) atoms. The van der Waals surface area contributed by atoms with Gasteiger partial charge in [0.05, 0.1) is 12.2 Å². The van der Waals surface area contributed by atoms with E-state index in [9.17, 15) is 13.6 Å². The van der Waals surface area contributed by atoms with Crippen LogP contribution in [-0.4, -0.2) is 34.0 Å². The number of carbonyl (C=O) groups is 1. The minimum atomic E-state index is -0.698. The summed E-state index contributed by atoms with van der Waals surface area (Å²) < 4.78 is 33.0. The van der Waals surface area contributed by atoms with E-state index in [1.807, 2.05) is 19.1 Å². The van der Waals surface area contributed by atoms with Gasteiger partial charge >= 0.3 is 6.09 Å². The van der Waals surface area contributed by atoms with Crippen molar-refractivity contribution >= 4 is 23.4 Å². The number of amides is 1. The molecule has 7 nitrogen and oxygen atoms in total. The second kappa shape index (κ2) is 6.67. The first kappa shape index (κ1) is 17.0. The Morgan fingerprint density at radius 2 is 1.85 bits per heavy atom. The van der Waals surface area contributed by atoms with Crippen LogP contribution in [0.3, 0.4) is 0 Å². The molecule has 1 saturated heterocycles. The van der Waals surface area contributed by atoms with Crippen LogP contribution >= 0.6 is 0 Å². The van der Waals surface area contributed by atoms with Crippen LogP contribution < -0.4 is 10.2 Å². The first-order chi connectivity index (χ1) is 13.0. The Hall–Kier alpha value is -3.49. The number of rotatable bonds is 4. The summed E-state index contributed by atoms with van der Waals surface area (Å²) in [6, 6.07) is 8.63. The molecule has 138 valence electrons. The first-order valence-electron chi connectivity index (χ1n) is 8.19. The van der Waals surface area contributed by atoms with E-state index in [1.165, 1.54) is 11.0 Å². The number of aromatic nitrogens is 3. The van der Waals surface area contributed by atoms with E-state index in [0.29, 0.717) is 24.5 Å². The number of anilines is 3. The number of nitrogens with one attached hydrogen (secondary N) is 1. The molecule has 9 heteroatoms. The largest absolute Gasteiger partial charge is 0.447 e. The quantitative estimate of drug-likeness (QED) is 0.759. The van der Waals surface area contributed by atoms with Gasteiger partial charge in [0, 0.05) is 17.4 Å². The van der Waals surface area contributed by atoms with Crippen LogP contribution in [0, 0.1) is 18.6 Å². The van der Waals surface area contributed by atoms with E-state index in [-0.39, 0.29) is 17.7 Å². The Morgan fingerprint density at radius 1 is 1.07 bits per heavy atom. The third-order valence-electron chi connectivity index (χ3n) is 3.99.